The molecule has 0 heterocycles. The van der Waals surface area contributed by atoms with Gasteiger partial charge in [-0.3, -0.25) is 4.79 Å². The summed E-state index contributed by atoms with van der Waals surface area (Å²) in [5.74, 6) is -0.141. The molecule has 0 saturated heterocycles. The van der Waals surface area contributed by atoms with E-state index in [-0.39, 0.29) is 18.6 Å². The molecule has 0 fully saturated rings. The molecule has 1 unspecified atom stereocenters. The maximum Gasteiger partial charge on any atom is 0.250 e. The van der Waals surface area contributed by atoms with Gasteiger partial charge in [0, 0.05) is 11.4 Å². The fraction of sp³-hybridized carbons (Fsp3) is 0.462. The molecule has 1 atom stereocenters. The third-order valence-corrected chi connectivity index (χ3v) is 2.60. The molecule has 0 bridgehead atoms. The van der Waals surface area contributed by atoms with Gasteiger partial charge in [0.05, 0.1) is 6.10 Å². The van der Waals surface area contributed by atoms with Crippen LogP contribution in [0, 0.1) is 6.92 Å². The van der Waals surface area contributed by atoms with Gasteiger partial charge in [-0.25, -0.2) is 0 Å². The summed E-state index contributed by atoms with van der Waals surface area (Å²) in [6, 6.07) is 5.38. The van der Waals surface area contributed by atoms with Gasteiger partial charge in [0.15, 0.2) is 0 Å². The Morgan fingerprint density at radius 2 is 2.24 bits per heavy atom. The zero-order valence-electron chi connectivity index (χ0n) is 10.6. The van der Waals surface area contributed by atoms with Crippen molar-refractivity contribution in [2.75, 3.05) is 17.7 Å². The molecular formula is C13H20N2O2. The predicted molar refractivity (Wildman–Crippen MR) is 69.9 cm³/mol. The molecule has 0 aliphatic heterocycles. The number of nitrogens with one attached hydrogen (secondary N) is 1. The number of carbonyl (C=O) groups excluding carboxylic acids is 1. The number of ether oxygens (including phenoxy) is 1. The first-order chi connectivity index (χ1) is 8.02. The summed E-state index contributed by atoms with van der Waals surface area (Å²) in [5.41, 5.74) is 8.05. The van der Waals surface area contributed by atoms with E-state index in [0.29, 0.717) is 5.69 Å². The Morgan fingerprint density at radius 1 is 1.53 bits per heavy atom. The van der Waals surface area contributed by atoms with Crippen molar-refractivity contribution >= 4 is 17.3 Å². The highest BCUT2D eigenvalue weighted by molar-refractivity contribution is 5.92. The van der Waals surface area contributed by atoms with Crippen molar-refractivity contribution < 1.29 is 9.53 Å². The van der Waals surface area contributed by atoms with E-state index in [0.717, 1.165) is 17.7 Å². The minimum absolute atomic E-state index is 0.0822. The number of carbonyl (C=O) groups is 1. The Balaban J connectivity index is 2.50. The van der Waals surface area contributed by atoms with Crippen LogP contribution >= 0.6 is 0 Å². The van der Waals surface area contributed by atoms with Crippen LogP contribution in [0.3, 0.4) is 0 Å². The SMILES string of the molecule is CCC(C)OCC(=O)Nc1ccc(N)cc1C. The number of anilines is 2. The molecule has 1 amide bonds. The van der Waals surface area contributed by atoms with Crippen molar-refractivity contribution in [3.63, 3.8) is 0 Å². The van der Waals surface area contributed by atoms with Gasteiger partial charge in [-0.05, 0) is 44.0 Å². The second-order valence-electron chi connectivity index (χ2n) is 4.15. The second-order valence-corrected chi connectivity index (χ2v) is 4.15. The first-order valence-electron chi connectivity index (χ1n) is 5.80. The maximum atomic E-state index is 11.6. The van der Waals surface area contributed by atoms with E-state index in [1.807, 2.05) is 26.8 Å². The standard InChI is InChI=1S/C13H20N2O2/c1-4-10(3)17-8-13(16)15-12-6-5-11(14)7-9(12)2/h5-7,10H,4,8,14H2,1-3H3,(H,15,16). The van der Waals surface area contributed by atoms with Gasteiger partial charge in [-0.15, -0.1) is 0 Å². The first-order valence-corrected chi connectivity index (χ1v) is 5.80. The summed E-state index contributed by atoms with van der Waals surface area (Å²) in [6.07, 6.45) is 1.00. The van der Waals surface area contributed by atoms with E-state index in [9.17, 15) is 4.79 Å². The van der Waals surface area contributed by atoms with Gasteiger partial charge < -0.3 is 15.8 Å². The lowest BCUT2D eigenvalue weighted by molar-refractivity contribution is -0.122. The van der Waals surface area contributed by atoms with Gasteiger partial charge in [-0.1, -0.05) is 6.92 Å². The molecule has 4 heteroatoms. The third kappa shape index (κ3) is 4.44. The summed E-state index contributed by atoms with van der Waals surface area (Å²) in [6.45, 7) is 5.95. The molecule has 1 aromatic rings. The summed E-state index contributed by atoms with van der Waals surface area (Å²) in [4.78, 5) is 11.6. The van der Waals surface area contributed by atoms with Gasteiger partial charge in [-0.2, -0.15) is 0 Å². The van der Waals surface area contributed by atoms with Crippen molar-refractivity contribution in [1.29, 1.82) is 0 Å². The molecule has 4 nitrogen and oxygen atoms in total. The minimum atomic E-state index is -0.141. The molecule has 94 valence electrons. The van der Waals surface area contributed by atoms with E-state index < -0.39 is 0 Å². The van der Waals surface area contributed by atoms with Crippen molar-refractivity contribution in [2.45, 2.75) is 33.3 Å². The molecule has 3 N–H and O–H groups in total. The highest BCUT2D eigenvalue weighted by Gasteiger charge is 2.07. The van der Waals surface area contributed by atoms with Gasteiger partial charge in [0.2, 0.25) is 5.91 Å². The topological polar surface area (TPSA) is 64.3 Å². The first kappa shape index (κ1) is 13.5. The minimum Gasteiger partial charge on any atom is -0.399 e. The summed E-state index contributed by atoms with van der Waals surface area (Å²) in [5, 5.41) is 2.80. The van der Waals surface area contributed by atoms with E-state index in [1.165, 1.54) is 0 Å². The van der Waals surface area contributed by atoms with Gasteiger partial charge in [0.1, 0.15) is 6.61 Å². The zero-order valence-corrected chi connectivity index (χ0v) is 10.6. The second kappa shape index (κ2) is 6.25. The fourth-order valence-electron chi connectivity index (χ4n) is 1.35. The Bertz CT molecular complexity index is 391. The average molecular weight is 236 g/mol. The molecule has 0 saturated carbocycles. The molecule has 1 aromatic carbocycles. The highest BCUT2D eigenvalue weighted by Crippen LogP contribution is 2.17. The van der Waals surface area contributed by atoms with Crippen LogP contribution in [0.1, 0.15) is 25.8 Å². The molecule has 17 heavy (non-hydrogen) atoms. The van der Waals surface area contributed by atoms with Crippen LogP contribution in [0.2, 0.25) is 0 Å². The molecule has 0 aliphatic carbocycles. The van der Waals surface area contributed by atoms with Crippen LogP contribution in [0.4, 0.5) is 11.4 Å². The van der Waals surface area contributed by atoms with Crippen LogP contribution in [-0.2, 0) is 9.53 Å². The van der Waals surface area contributed by atoms with E-state index in [1.54, 1.807) is 12.1 Å². The number of benzene rings is 1. The maximum absolute atomic E-state index is 11.6. The monoisotopic (exact) mass is 236 g/mol. The lowest BCUT2D eigenvalue weighted by Crippen LogP contribution is -2.21. The van der Waals surface area contributed by atoms with Crippen LogP contribution in [-0.4, -0.2) is 18.6 Å². The number of nitrogen functional groups attached to an aromatic ring is 1. The van der Waals surface area contributed by atoms with E-state index in [2.05, 4.69) is 5.32 Å². The van der Waals surface area contributed by atoms with Gasteiger partial charge in [0.25, 0.3) is 0 Å². The van der Waals surface area contributed by atoms with E-state index in [4.69, 9.17) is 10.5 Å². The molecule has 0 radical (unpaired) electrons. The van der Waals surface area contributed by atoms with Crippen LogP contribution in [0.25, 0.3) is 0 Å². The summed E-state index contributed by atoms with van der Waals surface area (Å²) >= 11 is 0. The largest absolute Gasteiger partial charge is 0.399 e. The quantitative estimate of drug-likeness (QED) is 0.771. The number of rotatable bonds is 5. The normalized spacial score (nSPS) is 12.2. The Labute approximate surface area is 102 Å². The molecule has 0 aliphatic rings. The third-order valence-electron chi connectivity index (χ3n) is 2.60. The number of amides is 1. The number of hydrogen-bond acceptors (Lipinski definition) is 3. The summed E-state index contributed by atoms with van der Waals surface area (Å²) < 4.78 is 5.35. The highest BCUT2D eigenvalue weighted by atomic mass is 16.5. The average Bonchev–Trinajstić information content (AvgIpc) is 2.29. The Hall–Kier alpha value is -1.55. The predicted octanol–water partition coefficient (Wildman–Crippen LogP) is 2.33. The smallest absolute Gasteiger partial charge is 0.250 e. The van der Waals surface area contributed by atoms with Crippen LogP contribution in [0.5, 0.6) is 0 Å². The fourth-order valence-corrected chi connectivity index (χ4v) is 1.35. The molecule has 0 aromatic heterocycles. The number of nitrogens with two attached hydrogens (primary N) is 1. The van der Waals surface area contributed by atoms with Gasteiger partial charge >= 0.3 is 0 Å². The zero-order chi connectivity index (χ0) is 12.8. The van der Waals surface area contributed by atoms with Crippen molar-refractivity contribution in [1.82, 2.24) is 0 Å². The van der Waals surface area contributed by atoms with Crippen LogP contribution < -0.4 is 11.1 Å². The van der Waals surface area contributed by atoms with Crippen molar-refractivity contribution in [2.24, 2.45) is 0 Å². The molecule has 0 spiro atoms. The van der Waals surface area contributed by atoms with Crippen molar-refractivity contribution in [3.8, 4) is 0 Å². The Kier molecular flexibility index (Phi) is 4.97. The Morgan fingerprint density at radius 3 is 2.82 bits per heavy atom. The number of aryl methyl sites for hydroxylation is 1. The lowest BCUT2D eigenvalue weighted by atomic mass is 10.2. The van der Waals surface area contributed by atoms with Crippen molar-refractivity contribution in [3.05, 3.63) is 23.8 Å². The molecule has 1 rings (SSSR count). The van der Waals surface area contributed by atoms with Crippen LogP contribution in [0.15, 0.2) is 18.2 Å². The number of hydrogen-bond donors (Lipinski definition) is 2. The molecular weight excluding hydrogens is 216 g/mol. The summed E-state index contributed by atoms with van der Waals surface area (Å²) in [7, 11) is 0. The van der Waals surface area contributed by atoms with E-state index >= 15 is 0 Å². The lowest BCUT2D eigenvalue weighted by Gasteiger charge is -2.12.